The monoisotopic (exact) mass is 435 g/mol. The van der Waals surface area contributed by atoms with Crippen LogP contribution in [-0.2, 0) is 13.0 Å². The Hall–Kier alpha value is -3.51. The van der Waals surface area contributed by atoms with Crippen LogP contribution in [0.25, 0.3) is 0 Å². The smallest absolute Gasteiger partial charge is 0.319 e. The number of amides is 3. The Kier molecular flexibility index (Phi) is 6.09. The SMILES string of the molecule is COc1ccc(C(=O)N2CCc3ccc(CNC(=O)Nc4cccc(Cl)c4)cc32)cc1. The van der Waals surface area contributed by atoms with Gasteiger partial charge >= 0.3 is 6.03 Å². The molecular weight excluding hydrogens is 414 g/mol. The summed E-state index contributed by atoms with van der Waals surface area (Å²) in [7, 11) is 1.60. The maximum absolute atomic E-state index is 13.0. The lowest BCUT2D eigenvalue weighted by atomic mass is 10.1. The van der Waals surface area contributed by atoms with Crippen molar-refractivity contribution in [2.45, 2.75) is 13.0 Å². The number of hydrogen-bond acceptors (Lipinski definition) is 3. The molecule has 0 radical (unpaired) electrons. The van der Waals surface area contributed by atoms with E-state index in [9.17, 15) is 9.59 Å². The summed E-state index contributed by atoms with van der Waals surface area (Å²) in [5, 5.41) is 6.14. The van der Waals surface area contributed by atoms with E-state index in [1.54, 1.807) is 60.5 Å². The van der Waals surface area contributed by atoms with Crippen molar-refractivity contribution in [3.05, 3.63) is 88.4 Å². The number of nitrogens with one attached hydrogen (secondary N) is 2. The Morgan fingerprint density at radius 1 is 1.06 bits per heavy atom. The van der Waals surface area contributed by atoms with Crippen molar-refractivity contribution in [3.63, 3.8) is 0 Å². The van der Waals surface area contributed by atoms with Gasteiger partial charge in [-0.15, -0.1) is 0 Å². The van der Waals surface area contributed by atoms with Crippen LogP contribution in [0.1, 0.15) is 21.5 Å². The van der Waals surface area contributed by atoms with Gasteiger partial charge < -0.3 is 20.3 Å². The highest BCUT2D eigenvalue weighted by atomic mass is 35.5. The zero-order chi connectivity index (χ0) is 21.8. The summed E-state index contributed by atoms with van der Waals surface area (Å²) in [4.78, 5) is 27.0. The molecule has 3 aromatic carbocycles. The van der Waals surface area contributed by atoms with E-state index in [2.05, 4.69) is 10.6 Å². The summed E-state index contributed by atoms with van der Waals surface area (Å²) in [5.74, 6) is 0.660. The summed E-state index contributed by atoms with van der Waals surface area (Å²) in [6.07, 6.45) is 0.806. The van der Waals surface area contributed by atoms with E-state index in [1.807, 2.05) is 18.2 Å². The Bertz CT molecular complexity index is 1120. The van der Waals surface area contributed by atoms with Crippen molar-refractivity contribution < 1.29 is 14.3 Å². The minimum absolute atomic E-state index is 0.0507. The molecule has 3 amide bonds. The first kappa shape index (κ1) is 20.8. The van der Waals surface area contributed by atoms with Crippen molar-refractivity contribution in [2.75, 3.05) is 23.9 Å². The minimum atomic E-state index is -0.325. The number of anilines is 2. The molecule has 31 heavy (non-hydrogen) atoms. The van der Waals surface area contributed by atoms with Crippen LogP contribution in [0.4, 0.5) is 16.2 Å². The van der Waals surface area contributed by atoms with Crippen LogP contribution < -0.4 is 20.3 Å². The number of ether oxygens (including phenoxy) is 1. The number of rotatable bonds is 5. The first-order chi connectivity index (χ1) is 15.0. The summed E-state index contributed by atoms with van der Waals surface area (Å²) in [6.45, 7) is 0.969. The first-order valence-electron chi connectivity index (χ1n) is 9.91. The number of hydrogen-bond donors (Lipinski definition) is 2. The molecule has 4 rings (SSSR count). The lowest BCUT2D eigenvalue weighted by molar-refractivity contribution is 0.0989. The molecule has 0 unspecified atom stereocenters. The van der Waals surface area contributed by atoms with Gasteiger partial charge in [-0.1, -0.05) is 29.8 Å². The molecule has 158 valence electrons. The molecule has 1 aliphatic rings. The molecule has 0 saturated carbocycles. The van der Waals surface area contributed by atoms with Gasteiger partial charge in [0.1, 0.15) is 5.75 Å². The van der Waals surface area contributed by atoms with Gasteiger partial charge in [-0.3, -0.25) is 4.79 Å². The number of methoxy groups -OCH3 is 1. The highest BCUT2D eigenvalue weighted by Gasteiger charge is 2.25. The van der Waals surface area contributed by atoms with E-state index >= 15 is 0 Å². The molecule has 0 spiro atoms. The molecule has 0 bridgehead atoms. The van der Waals surface area contributed by atoms with Crippen LogP contribution in [0, 0.1) is 0 Å². The fourth-order valence-corrected chi connectivity index (χ4v) is 3.75. The highest BCUT2D eigenvalue weighted by molar-refractivity contribution is 6.30. The van der Waals surface area contributed by atoms with Gasteiger partial charge in [-0.25, -0.2) is 4.79 Å². The Labute approximate surface area is 185 Å². The van der Waals surface area contributed by atoms with Crippen LogP contribution in [0.5, 0.6) is 5.75 Å². The largest absolute Gasteiger partial charge is 0.497 e. The lowest BCUT2D eigenvalue weighted by Crippen LogP contribution is -2.29. The summed E-state index contributed by atoms with van der Waals surface area (Å²) in [5.41, 5.74) is 4.15. The number of fused-ring (bicyclic) bond motifs is 1. The van der Waals surface area contributed by atoms with Crippen LogP contribution in [0.3, 0.4) is 0 Å². The maximum Gasteiger partial charge on any atom is 0.319 e. The Morgan fingerprint density at radius 2 is 1.87 bits per heavy atom. The second kappa shape index (κ2) is 9.10. The number of benzene rings is 3. The van der Waals surface area contributed by atoms with Crippen molar-refractivity contribution in [1.82, 2.24) is 5.32 Å². The fraction of sp³-hybridized carbons (Fsp3) is 0.167. The van der Waals surface area contributed by atoms with Gasteiger partial charge in [0.2, 0.25) is 0 Å². The van der Waals surface area contributed by atoms with Gasteiger partial charge in [0.25, 0.3) is 5.91 Å². The molecule has 0 saturated heterocycles. The molecular formula is C24H22ClN3O3. The lowest BCUT2D eigenvalue weighted by Gasteiger charge is -2.18. The Morgan fingerprint density at radius 3 is 2.61 bits per heavy atom. The van der Waals surface area contributed by atoms with E-state index < -0.39 is 0 Å². The van der Waals surface area contributed by atoms with Crippen molar-refractivity contribution in [2.24, 2.45) is 0 Å². The molecule has 0 atom stereocenters. The number of nitrogens with zero attached hydrogens (tertiary/aromatic N) is 1. The molecule has 2 N–H and O–H groups in total. The van der Waals surface area contributed by atoms with Gasteiger partial charge in [0.05, 0.1) is 7.11 Å². The van der Waals surface area contributed by atoms with E-state index in [0.29, 0.717) is 35.1 Å². The zero-order valence-corrected chi connectivity index (χ0v) is 17.8. The number of carbonyl (C=O) groups excluding carboxylic acids is 2. The van der Waals surface area contributed by atoms with E-state index in [-0.39, 0.29) is 11.9 Å². The van der Waals surface area contributed by atoms with Crippen molar-refractivity contribution >= 4 is 34.9 Å². The number of carbonyl (C=O) groups is 2. The fourth-order valence-electron chi connectivity index (χ4n) is 3.56. The quantitative estimate of drug-likeness (QED) is 0.600. The van der Waals surface area contributed by atoms with Gasteiger partial charge in [0.15, 0.2) is 0 Å². The average molecular weight is 436 g/mol. The second-order valence-corrected chi connectivity index (χ2v) is 7.65. The molecule has 0 aliphatic carbocycles. The Balaban J connectivity index is 1.42. The summed E-state index contributed by atoms with van der Waals surface area (Å²) >= 11 is 5.94. The normalized spacial score (nSPS) is 12.3. The molecule has 3 aromatic rings. The second-order valence-electron chi connectivity index (χ2n) is 7.22. The van der Waals surface area contributed by atoms with Crippen molar-refractivity contribution in [1.29, 1.82) is 0 Å². The van der Waals surface area contributed by atoms with Crippen LogP contribution in [0.2, 0.25) is 5.02 Å². The third kappa shape index (κ3) is 4.81. The van der Waals surface area contributed by atoms with Crippen molar-refractivity contribution in [3.8, 4) is 5.75 Å². The van der Waals surface area contributed by atoms with E-state index in [0.717, 1.165) is 23.2 Å². The van der Waals surface area contributed by atoms with Gasteiger partial charge in [-0.05, 0) is 66.1 Å². The predicted octanol–water partition coefficient (Wildman–Crippen LogP) is 4.87. The molecule has 0 aromatic heterocycles. The highest BCUT2D eigenvalue weighted by Crippen LogP contribution is 2.30. The minimum Gasteiger partial charge on any atom is -0.497 e. The standard InChI is InChI=1S/C24H22ClN3O3/c1-31-21-9-7-18(8-10-21)23(29)28-12-11-17-6-5-16(13-22(17)28)15-26-24(30)27-20-4-2-3-19(25)14-20/h2-10,13-14H,11-12,15H2,1H3,(H2,26,27,30). The van der Waals surface area contributed by atoms with Crippen LogP contribution in [0.15, 0.2) is 66.7 Å². The third-order valence-electron chi connectivity index (χ3n) is 5.16. The third-order valence-corrected chi connectivity index (χ3v) is 5.40. The summed E-state index contributed by atoms with van der Waals surface area (Å²) in [6, 6.07) is 19.7. The number of urea groups is 1. The molecule has 7 heteroatoms. The maximum atomic E-state index is 13.0. The van der Waals surface area contributed by atoms with Gasteiger partial charge in [0, 0.05) is 35.1 Å². The van der Waals surface area contributed by atoms with E-state index in [4.69, 9.17) is 16.3 Å². The molecule has 0 fully saturated rings. The van der Waals surface area contributed by atoms with E-state index in [1.165, 1.54) is 0 Å². The molecule has 1 heterocycles. The topological polar surface area (TPSA) is 70.7 Å². The first-order valence-corrected chi connectivity index (χ1v) is 10.3. The van der Waals surface area contributed by atoms with Crippen LogP contribution >= 0.6 is 11.6 Å². The molecule has 6 nitrogen and oxygen atoms in total. The summed E-state index contributed by atoms with van der Waals surface area (Å²) < 4.78 is 5.16. The number of halogens is 1. The average Bonchev–Trinajstić information content (AvgIpc) is 3.20. The zero-order valence-electron chi connectivity index (χ0n) is 17.0. The van der Waals surface area contributed by atoms with Crippen LogP contribution in [-0.4, -0.2) is 25.6 Å². The predicted molar refractivity (Wildman–Crippen MR) is 122 cm³/mol. The molecule has 1 aliphatic heterocycles. The van der Waals surface area contributed by atoms with Gasteiger partial charge in [-0.2, -0.15) is 0 Å².